The van der Waals surface area contributed by atoms with Crippen molar-refractivity contribution in [2.24, 2.45) is 0 Å². The Balaban J connectivity index is 2.51. The number of hydrogen-bond donors (Lipinski definition) is 1. The molecule has 2 N–H and O–H groups in total. The SMILES string of the molecule is CCc1ccc(N)cc1S(=O)(=O)N(C)c1ccc(C)cc1. The molecule has 0 aliphatic carbocycles. The van der Waals surface area contributed by atoms with Gasteiger partial charge in [0.2, 0.25) is 0 Å². The van der Waals surface area contributed by atoms with E-state index in [9.17, 15) is 8.42 Å². The summed E-state index contributed by atoms with van der Waals surface area (Å²) in [5.41, 5.74) is 8.68. The zero-order chi connectivity index (χ0) is 15.6. The van der Waals surface area contributed by atoms with Crippen LogP contribution < -0.4 is 10.0 Å². The summed E-state index contributed by atoms with van der Waals surface area (Å²) in [6.45, 7) is 3.89. The smallest absolute Gasteiger partial charge is 0.264 e. The lowest BCUT2D eigenvalue weighted by atomic mass is 10.1. The minimum absolute atomic E-state index is 0.271. The quantitative estimate of drug-likeness (QED) is 0.883. The zero-order valence-electron chi connectivity index (χ0n) is 12.5. The molecule has 0 atom stereocenters. The topological polar surface area (TPSA) is 63.4 Å². The number of sulfonamides is 1. The first kappa shape index (κ1) is 15.4. The lowest BCUT2D eigenvalue weighted by Gasteiger charge is -2.21. The normalized spacial score (nSPS) is 11.4. The Labute approximate surface area is 126 Å². The molecule has 0 fully saturated rings. The lowest BCUT2D eigenvalue weighted by Crippen LogP contribution is -2.27. The van der Waals surface area contributed by atoms with Crippen LogP contribution in [-0.2, 0) is 16.4 Å². The minimum Gasteiger partial charge on any atom is -0.399 e. The molecule has 0 saturated heterocycles. The molecule has 0 aliphatic rings. The van der Waals surface area contributed by atoms with E-state index in [2.05, 4.69) is 0 Å². The van der Waals surface area contributed by atoms with E-state index in [0.29, 0.717) is 17.8 Å². The van der Waals surface area contributed by atoms with Crippen LogP contribution in [-0.4, -0.2) is 15.5 Å². The second-order valence-corrected chi connectivity index (χ2v) is 6.97. The highest BCUT2D eigenvalue weighted by molar-refractivity contribution is 7.92. The highest BCUT2D eigenvalue weighted by atomic mass is 32.2. The first-order valence-corrected chi connectivity index (χ1v) is 8.24. The molecule has 0 radical (unpaired) electrons. The van der Waals surface area contributed by atoms with E-state index in [1.54, 1.807) is 31.3 Å². The molecule has 0 aliphatic heterocycles. The van der Waals surface area contributed by atoms with Gasteiger partial charge in [-0.2, -0.15) is 0 Å². The monoisotopic (exact) mass is 304 g/mol. The fourth-order valence-electron chi connectivity index (χ4n) is 2.14. The number of nitrogens with two attached hydrogens (primary N) is 1. The van der Waals surface area contributed by atoms with Crippen molar-refractivity contribution in [3.8, 4) is 0 Å². The number of anilines is 2. The number of hydrogen-bond acceptors (Lipinski definition) is 3. The zero-order valence-corrected chi connectivity index (χ0v) is 13.3. The molecule has 0 heterocycles. The average molecular weight is 304 g/mol. The molecular formula is C16H20N2O2S. The molecule has 5 heteroatoms. The molecule has 0 saturated carbocycles. The van der Waals surface area contributed by atoms with E-state index in [4.69, 9.17) is 5.73 Å². The van der Waals surface area contributed by atoms with Crippen molar-refractivity contribution in [3.63, 3.8) is 0 Å². The number of nitrogen functional groups attached to an aromatic ring is 1. The number of benzene rings is 2. The number of aryl methyl sites for hydroxylation is 2. The molecule has 0 bridgehead atoms. The number of nitrogens with zero attached hydrogens (tertiary/aromatic N) is 1. The van der Waals surface area contributed by atoms with Gasteiger partial charge in [-0.1, -0.05) is 30.7 Å². The van der Waals surface area contributed by atoms with Gasteiger partial charge in [0.15, 0.2) is 0 Å². The van der Waals surface area contributed by atoms with Crippen LogP contribution >= 0.6 is 0 Å². The third-order valence-corrected chi connectivity index (χ3v) is 5.38. The van der Waals surface area contributed by atoms with Gasteiger partial charge in [-0.05, 0) is 43.2 Å². The predicted octanol–water partition coefficient (Wildman–Crippen LogP) is 2.96. The molecule has 21 heavy (non-hydrogen) atoms. The largest absolute Gasteiger partial charge is 0.399 e. The van der Waals surface area contributed by atoms with E-state index in [-0.39, 0.29) is 4.90 Å². The maximum atomic E-state index is 12.8. The minimum atomic E-state index is -3.62. The van der Waals surface area contributed by atoms with Gasteiger partial charge < -0.3 is 5.73 Å². The lowest BCUT2D eigenvalue weighted by molar-refractivity contribution is 0.593. The first-order chi connectivity index (χ1) is 9.86. The molecular weight excluding hydrogens is 284 g/mol. The molecule has 2 aromatic carbocycles. The van der Waals surface area contributed by atoms with Gasteiger partial charge in [0.25, 0.3) is 10.0 Å². The van der Waals surface area contributed by atoms with Crippen molar-refractivity contribution in [1.82, 2.24) is 0 Å². The Morgan fingerprint density at radius 2 is 1.71 bits per heavy atom. The molecule has 4 nitrogen and oxygen atoms in total. The molecule has 0 spiro atoms. The van der Waals surface area contributed by atoms with Crippen LogP contribution in [0, 0.1) is 6.92 Å². The molecule has 0 unspecified atom stereocenters. The van der Waals surface area contributed by atoms with Crippen molar-refractivity contribution in [2.75, 3.05) is 17.1 Å². The van der Waals surface area contributed by atoms with E-state index in [1.165, 1.54) is 10.4 Å². The van der Waals surface area contributed by atoms with Crippen molar-refractivity contribution in [2.45, 2.75) is 25.2 Å². The third kappa shape index (κ3) is 3.03. The highest BCUT2D eigenvalue weighted by Crippen LogP contribution is 2.26. The molecule has 112 valence electrons. The van der Waals surface area contributed by atoms with Gasteiger partial charge in [0, 0.05) is 12.7 Å². The summed E-state index contributed by atoms with van der Waals surface area (Å²) in [6, 6.07) is 12.4. The van der Waals surface area contributed by atoms with Gasteiger partial charge in [0.1, 0.15) is 0 Å². The summed E-state index contributed by atoms with van der Waals surface area (Å²) in [7, 11) is -2.06. The van der Waals surface area contributed by atoms with Crippen LogP contribution in [0.15, 0.2) is 47.4 Å². The molecule has 2 aromatic rings. The van der Waals surface area contributed by atoms with E-state index >= 15 is 0 Å². The average Bonchev–Trinajstić information content (AvgIpc) is 2.47. The van der Waals surface area contributed by atoms with Crippen LogP contribution in [0.4, 0.5) is 11.4 Å². The van der Waals surface area contributed by atoms with E-state index < -0.39 is 10.0 Å². The summed E-state index contributed by atoms with van der Waals surface area (Å²) in [6.07, 6.45) is 0.635. The maximum absolute atomic E-state index is 12.8. The van der Waals surface area contributed by atoms with E-state index in [0.717, 1.165) is 11.1 Å². The van der Waals surface area contributed by atoms with Crippen molar-refractivity contribution >= 4 is 21.4 Å². The second-order valence-electron chi connectivity index (χ2n) is 5.03. The summed E-state index contributed by atoms with van der Waals surface area (Å²) in [5.74, 6) is 0. The Morgan fingerprint density at radius 3 is 2.29 bits per heavy atom. The maximum Gasteiger partial charge on any atom is 0.264 e. The van der Waals surface area contributed by atoms with Crippen LogP contribution in [0.25, 0.3) is 0 Å². The third-order valence-electron chi connectivity index (χ3n) is 3.51. The predicted molar refractivity (Wildman–Crippen MR) is 87.0 cm³/mol. The van der Waals surface area contributed by atoms with Gasteiger partial charge in [0.05, 0.1) is 10.6 Å². The van der Waals surface area contributed by atoms with Crippen LogP contribution in [0.1, 0.15) is 18.1 Å². The Bertz CT molecular complexity index is 737. The van der Waals surface area contributed by atoms with Crippen molar-refractivity contribution in [1.29, 1.82) is 0 Å². The Kier molecular flexibility index (Phi) is 4.23. The van der Waals surface area contributed by atoms with Gasteiger partial charge in [-0.25, -0.2) is 8.42 Å². The molecule has 0 amide bonds. The van der Waals surface area contributed by atoms with Crippen LogP contribution in [0.2, 0.25) is 0 Å². The summed E-state index contributed by atoms with van der Waals surface area (Å²) < 4.78 is 26.9. The molecule has 2 rings (SSSR count). The van der Waals surface area contributed by atoms with E-state index in [1.807, 2.05) is 26.0 Å². The number of rotatable bonds is 4. The van der Waals surface area contributed by atoms with Crippen molar-refractivity contribution < 1.29 is 8.42 Å². The summed E-state index contributed by atoms with van der Waals surface area (Å²) in [5, 5.41) is 0. The second kappa shape index (κ2) is 5.77. The first-order valence-electron chi connectivity index (χ1n) is 6.80. The van der Waals surface area contributed by atoms with Crippen LogP contribution in [0.5, 0.6) is 0 Å². The highest BCUT2D eigenvalue weighted by Gasteiger charge is 2.24. The fraction of sp³-hybridized carbons (Fsp3) is 0.250. The van der Waals surface area contributed by atoms with Gasteiger partial charge in [-0.15, -0.1) is 0 Å². The molecule has 0 aromatic heterocycles. The summed E-state index contributed by atoms with van der Waals surface area (Å²) in [4.78, 5) is 0.271. The Hall–Kier alpha value is -2.01. The van der Waals surface area contributed by atoms with Crippen LogP contribution in [0.3, 0.4) is 0 Å². The fourth-order valence-corrected chi connectivity index (χ4v) is 3.67. The van der Waals surface area contributed by atoms with Crippen molar-refractivity contribution in [3.05, 3.63) is 53.6 Å². The Morgan fingerprint density at radius 1 is 1.10 bits per heavy atom. The van der Waals surface area contributed by atoms with Gasteiger partial charge in [-0.3, -0.25) is 4.31 Å². The summed E-state index contributed by atoms with van der Waals surface area (Å²) >= 11 is 0. The standard InChI is InChI=1S/C16H20N2O2S/c1-4-13-7-8-14(17)11-16(13)21(19,20)18(3)15-9-5-12(2)6-10-15/h5-11H,4,17H2,1-3H3. The van der Waals surface area contributed by atoms with Gasteiger partial charge >= 0.3 is 0 Å².